The lowest BCUT2D eigenvalue weighted by Crippen LogP contribution is -2.43. The Labute approximate surface area is 109 Å². The monoisotopic (exact) mass is 263 g/mol. The van der Waals surface area contributed by atoms with Gasteiger partial charge in [0.05, 0.1) is 11.0 Å². The Morgan fingerprint density at radius 2 is 2.11 bits per heavy atom. The van der Waals surface area contributed by atoms with Crippen molar-refractivity contribution in [3.8, 4) is 6.07 Å². The van der Waals surface area contributed by atoms with Crippen LogP contribution in [0.3, 0.4) is 0 Å². The maximum Gasteiger partial charge on any atom is 0.269 e. The van der Waals surface area contributed by atoms with Crippen molar-refractivity contribution in [1.29, 1.82) is 5.26 Å². The van der Waals surface area contributed by atoms with Gasteiger partial charge in [0.15, 0.2) is 0 Å². The van der Waals surface area contributed by atoms with E-state index in [2.05, 4.69) is 6.07 Å². The summed E-state index contributed by atoms with van der Waals surface area (Å²) in [7, 11) is 0. The summed E-state index contributed by atoms with van der Waals surface area (Å²) < 4.78 is 0. The van der Waals surface area contributed by atoms with Crippen LogP contribution in [-0.2, 0) is 0 Å². The smallest absolute Gasteiger partial charge is 0.269 e. The van der Waals surface area contributed by atoms with Crippen LogP contribution in [0.5, 0.6) is 0 Å². The van der Waals surface area contributed by atoms with Crippen LogP contribution in [0, 0.1) is 27.4 Å². The highest BCUT2D eigenvalue weighted by Gasteiger charge is 2.42. The van der Waals surface area contributed by atoms with E-state index in [1.807, 2.05) is 0 Å². The summed E-state index contributed by atoms with van der Waals surface area (Å²) in [6.07, 6.45) is 2.04. The summed E-state index contributed by atoms with van der Waals surface area (Å²) in [4.78, 5) is 11.0. The SMILES string of the molecule is N#CC(N)(CSc1ccc([N+](=O)[O-])cc1)C1CC1. The molecule has 1 atom stereocenters. The highest BCUT2D eigenvalue weighted by Crippen LogP contribution is 2.40. The molecule has 1 fully saturated rings. The lowest BCUT2D eigenvalue weighted by molar-refractivity contribution is -0.384. The first-order chi connectivity index (χ1) is 8.55. The molecule has 1 aliphatic carbocycles. The van der Waals surface area contributed by atoms with Gasteiger partial charge in [-0.1, -0.05) is 0 Å². The van der Waals surface area contributed by atoms with E-state index in [1.54, 1.807) is 12.1 Å². The standard InChI is InChI=1S/C12H13N3O2S/c13-7-12(14,9-1-2-9)8-18-11-5-3-10(4-6-11)15(16)17/h3-6,9H,1-2,8,14H2. The van der Waals surface area contributed by atoms with E-state index >= 15 is 0 Å². The van der Waals surface area contributed by atoms with Gasteiger partial charge in [-0.25, -0.2) is 0 Å². The predicted octanol–water partition coefficient (Wildman–Crippen LogP) is 2.32. The Bertz CT molecular complexity index is 493. The van der Waals surface area contributed by atoms with Crippen LogP contribution in [0.1, 0.15) is 12.8 Å². The van der Waals surface area contributed by atoms with Crippen molar-refractivity contribution in [3.63, 3.8) is 0 Å². The zero-order chi connectivity index (χ0) is 13.2. The second-order valence-corrected chi connectivity index (χ2v) is 5.51. The van der Waals surface area contributed by atoms with Crippen molar-refractivity contribution >= 4 is 17.4 Å². The molecule has 5 nitrogen and oxygen atoms in total. The number of nitriles is 1. The normalized spacial score (nSPS) is 17.8. The summed E-state index contributed by atoms with van der Waals surface area (Å²) in [5.74, 6) is 0.819. The Balaban J connectivity index is 1.98. The Hall–Kier alpha value is -1.58. The Morgan fingerprint density at radius 3 is 2.56 bits per heavy atom. The third-order valence-corrected chi connectivity index (χ3v) is 4.27. The molecule has 0 radical (unpaired) electrons. The van der Waals surface area contributed by atoms with Gasteiger partial charge in [-0.2, -0.15) is 5.26 Å². The third kappa shape index (κ3) is 2.81. The predicted molar refractivity (Wildman–Crippen MR) is 69.1 cm³/mol. The average Bonchev–Trinajstić information content (AvgIpc) is 3.21. The van der Waals surface area contributed by atoms with E-state index in [9.17, 15) is 10.1 Å². The molecular formula is C12H13N3O2S. The van der Waals surface area contributed by atoms with Crippen molar-refractivity contribution in [2.24, 2.45) is 11.7 Å². The number of benzene rings is 1. The summed E-state index contributed by atoms with van der Waals surface area (Å²) >= 11 is 1.47. The van der Waals surface area contributed by atoms with E-state index in [0.717, 1.165) is 17.7 Å². The molecule has 2 N–H and O–H groups in total. The first-order valence-electron chi connectivity index (χ1n) is 5.62. The van der Waals surface area contributed by atoms with Crippen molar-refractivity contribution in [1.82, 2.24) is 0 Å². The van der Waals surface area contributed by atoms with Crippen molar-refractivity contribution in [2.45, 2.75) is 23.3 Å². The molecule has 0 spiro atoms. The molecule has 2 rings (SSSR count). The zero-order valence-electron chi connectivity index (χ0n) is 9.70. The topological polar surface area (TPSA) is 93.0 Å². The molecule has 0 saturated heterocycles. The lowest BCUT2D eigenvalue weighted by Gasteiger charge is -2.20. The average molecular weight is 263 g/mol. The zero-order valence-corrected chi connectivity index (χ0v) is 10.5. The molecule has 94 valence electrons. The summed E-state index contributed by atoms with van der Waals surface area (Å²) in [5.41, 5.74) is 5.34. The molecular weight excluding hydrogens is 250 g/mol. The minimum absolute atomic E-state index is 0.0702. The second-order valence-electron chi connectivity index (χ2n) is 4.47. The summed E-state index contributed by atoms with van der Waals surface area (Å²) in [6, 6.07) is 8.49. The molecule has 6 heteroatoms. The lowest BCUT2D eigenvalue weighted by atomic mass is 10.00. The number of nitro benzene ring substituents is 1. The highest BCUT2D eigenvalue weighted by molar-refractivity contribution is 7.99. The molecule has 1 aromatic carbocycles. The number of nitro groups is 1. The van der Waals surface area contributed by atoms with Crippen LogP contribution in [-0.4, -0.2) is 16.2 Å². The number of non-ortho nitro benzene ring substituents is 1. The number of nitrogens with two attached hydrogens (primary N) is 1. The first kappa shape index (κ1) is 12.9. The number of hydrogen-bond donors (Lipinski definition) is 1. The fourth-order valence-electron chi connectivity index (χ4n) is 1.71. The highest BCUT2D eigenvalue weighted by atomic mass is 32.2. The van der Waals surface area contributed by atoms with E-state index in [1.165, 1.54) is 23.9 Å². The van der Waals surface area contributed by atoms with Gasteiger partial charge in [0.25, 0.3) is 5.69 Å². The van der Waals surface area contributed by atoms with Crippen molar-refractivity contribution in [3.05, 3.63) is 34.4 Å². The minimum Gasteiger partial charge on any atom is -0.312 e. The molecule has 0 aliphatic heterocycles. The van der Waals surface area contributed by atoms with Crippen LogP contribution < -0.4 is 5.73 Å². The van der Waals surface area contributed by atoms with E-state index in [4.69, 9.17) is 11.0 Å². The third-order valence-electron chi connectivity index (χ3n) is 3.04. The minimum atomic E-state index is -0.771. The van der Waals surface area contributed by atoms with Gasteiger partial charge >= 0.3 is 0 Å². The van der Waals surface area contributed by atoms with Crippen molar-refractivity contribution < 1.29 is 4.92 Å². The summed E-state index contributed by atoms with van der Waals surface area (Å²) in [5, 5.41) is 19.6. The molecule has 1 aliphatic rings. The van der Waals surface area contributed by atoms with Crippen LogP contribution in [0.15, 0.2) is 29.2 Å². The first-order valence-corrected chi connectivity index (χ1v) is 6.61. The van der Waals surface area contributed by atoms with Crippen LogP contribution in [0.2, 0.25) is 0 Å². The molecule has 0 aromatic heterocycles. The van der Waals surface area contributed by atoms with Crippen LogP contribution in [0.4, 0.5) is 5.69 Å². The Morgan fingerprint density at radius 1 is 1.50 bits per heavy atom. The van der Waals surface area contributed by atoms with Gasteiger partial charge < -0.3 is 5.73 Å². The maximum atomic E-state index is 10.5. The van der Waals surface area contributed by atoms with Gasteiger partial charge in [-0.05, 0) is 30.9 Å². The van der Waals surface area contributed by atoms with Crippen molar-refractivity contribution in [2.75, 3.05) is 5.75 Å². The Kier molecular flexibility index (Phi) is 3.55. The molecule has 1 saturated carbocycles. The molecule has 18 heavy (non-hydrogen) atoms. The number of hydrogen-bond acceptors (Lipinski definition) is 5. The van der Waals surface area contributed by atoms with E-state index in [0.29, 0.717) is 11.7 Å². The number of rotatable bonds is 5. The molecule has 0 heterocycles. The van der Waals surface area contributed by atoms with Gasteiger partial charge in [-0.15, -0.1) is 11.8 Å². The molecule has 0 amide bonds. The quantitative estimate of drug-likeness (QED) is 0.500. The summed E-state index contributed by atoms with van der Waals surface area (Å²) in [6.45, 7) is 0. The van der Waals surface area contributed by atoms with Crippen LogP contribution in [0.25, 0.3) is 0 Å². The molecule has 0 bridgehead atoms. The molecule has 1 unspecified atom stereocenters. The van der Waals surface area contributed by atoms with E-state index < -0.39 is 10.5 Å². The number of nitrogens with zero attached hydrogens (tertiary/aromatic N) is 2. The van der Waals surface area contributed by atoms with Gasteiger partial charge in [0.1, 0.15) is 5.54 Å². The largest absolute Gasteiger partial charge is 0.312 e. The molecule has 1 aromatic rings. The van der Waals surface area contributed by atoms with Gasteiger partial charge in [0.2, 0.25) is 0 Å². The fraction of sp³-hybridized carbons (Fsp3) is 0.417. The number of thioether (sulfide) groups is 1. The fourth-order valence-corrected chi connectivity index (χ4v) is 2.74. The van der Waals surface area contributed by atoms with Gasteiger partial charge in [-0.3, -0.25) is 10.1 Å². The van der Waals surface area contributed by atoms with Gasteiger partial charge in [0, 0.05) is 22.8 Å². The van der Waals surface area contributed by atoms with E-state index in [-0.39, 0.29) is 5.69 Å². The maximum absolute atomic E-state index is 10.5. The second kappa shape index (κ2) is 4.96. The van der Waals surface area contributed by atoms with Crippen LogP contribution >= 0.6 is 11.8 Å².